The van der Waals surface area contributed by atoms with Crippen LogP contribution in [0.25, 0.3) is 0 Å². The number of benzene rings is 2. The second-order valence-corrected chi connectivity index (χ2v) is 9.48. The molecule has 2 aromatic carbocycles. The van der Waals surface area contributed by atoms with Crippen LogP contribution in [0.4, 0.5) is 0 Å². The van der Waals surface area contributed by atoms with Crippen LogP contribution in [-0.4, -0.2) is 41.4 Å². The maximum absolute atomic E-state index is 13.3. The molecule has 174 valence electrons. The standard InChI is InChI=1S/C27H38N2O3/c1-8-23(26(31)28-27(5,6)7)29(15-14-22-12-10-9-11-13-22)25(30)18-32-24-17-19(2)16-20(3)21(24)4/h9-13,16-17,23H,8,14-15,18H2,1-7H3,(H,28,31). The lowest BCUT2D eigenvalue weighted by Crippen LogP contribution is -2.54. The molecule has 2 aromatic rings. The third kappa shape index (κ3) is 7.40. The van der Waals surface area contributed by atoms with Crippen molar-refractivity contribution in [1.29, 1.82) is 0 Å². The number of ether oxygens (including phenoxy) is 1. The molecule has 0 saturated heterocycles. The number of nitrogens with one attached hydrogen (secondary N) is 1. The highest BCUT2D eigenvalue weighted by Gasteiger charge is 2.30. The van der Waals surface area contributed by atoms with E-state index in [-0.39, 0.29) is 24.0 Å². The summed E-state index contributed by atoms with van der Waals surface area (Å²) >= 11 is 0. The molecule has 0 bridgehead atoms. The van der Waals surface area contributed by atoms with Gasteiger partial charge in [0.25, 0.3) is 5.91 Å². The molecule has 2 rings (SSSR count). The van der Waals surface area contributed by atoms with Crippen molar-refractivity contribution in [2.45, 2.75) is 72.9 Å². The van der Waals surface area contributed by atoms with Crippen molar-refractivity contribution in [3.8, 4) is 5.75 Å². The summed E-state index contributed by atoms with van der Waals surface area (Å²) < 4.78 is 5.95. The highest BCUT2D eigenvalue weighted by molar-refractivity contribution is 5.88. The van der Waals surface area contributed by atoms with Gasteiger partial charge in [-0.05, 0) is 82.7 Å². The predicted molar refractivity (Wildman–Crippen MR) is 130 cm³/mol. The summed E-state index contributed by atoms with van der Waals surface area (Å²) in [5, 5.41) is 3.03. The van der Waals surface area contributed by atoms with Gasteiger partial charge in [0.15, 0.2) is 6.61 Å². The van der Waals surface area contributed by atoms with Gasteiger partial charge in [-0.3, -0.25) is 9.59 Å². The van der Waals surface area contributed by atoms with E-state index in [0.29, 0.717) is 25.1 Å². The van der Waals surface area contributed by atoms with E-state index >= 15 is 0 Å². The fraction of sp³-hybridized carbons (Fsp3) is 0.481. The predicted octanol–water partition coefficient (Wildman–Crippen LogP) is 4.76. The second-order valence-electron chi connectivity index (χ2n) is 9.48. The quantitative estimate of drug-likeness (QED) is 0.614. The number of hydrogen-bond acceptors (Lipinski definition) is 3. The van der Waals surface area contributed by atoms with Gasteiger partial charge in [0, 0.05) is 12.1 Å². The molecule has 5 heteroatoms. The summed E-state index contributed by atoms with van der Waals surface area (Å²) in [7, 11) is 0. The lowest BCUT2D eigenvalue weighted by molar-refractivity contribution is -0.142. The molecule has 1 unspecified atom stereocenters. The third-order valence-corrected chi connectivity index (χ3v) is 5.48. The molecule has 0 radical (unpaired) electrons. The van der Waals surface area contributed by atoms with Crippen LogP contribution in [0.1, 0.15) is 56.4 Å². The van der Waals surface area contributed by atoms with Gasteiger partial charge in [-0.2, -0.15) is 0 Å². The first-order chi connectivity index (χ1) is 15.0. The Bertz CT molecular complexity index is 916. The Kier molecular flexibility index (Phi) is 8.88. The molecule has 32 heavy (non-hydrogen) atoms. The molecule has 0 aliphatic rings. The summed E-state index contributed by atoms with van der Waals surface area (Å²) in [5.74, 6) is 0.394. The van der Waals surface area contributed by atoms with Crippen LogP contribution in [-0.2, 0) is 16.0 Å². The Morgan fingerprint density at radius 3 is 2.31 bits per heavy atom. The number of carbonyl (C=O) groups is 2. The monoisotopic (exact) mass is 438 g/mol. The van der Waals surface area contributed by atoms with Crippen LogP contribution in [0.5, 0.6) is 5.75 Å². The Morgan fingerprint density at radius 1 is 1.06 bits per heavy atom. The zero-order valence-corrected chi connectivity index (χ0v) is 20.6. The highest BCUT2D eigenvalue weighted by atomic mass is 16.5. The van der Waals surface area contributed by atoms with E-state index < -0.39 is 6.04 Å². The summed E-state index contributed by atoms with van der Waals surface area (Å²) in [6.45, 7) is 14.2. The number of aryl methyl sites for hydroxylation is 2. The number of hydrogen-bond donors (Lipinski definition) is 1. The number of amides is 2. The molecule has 1 atom stereocenters. The van der Waals surface area contributed by atoms with E-state index in [1.807, 2.05) is 84.9 Å². The zero-order valence-electron chi connectivity index (χ0n) is 20.6. The summed E-state index contributed by atoms with van der Waals surface area (Å²) in [5.41, 5.74) is 4.00. The Morgan fingerprint density at radius 2 is 1.72 bits per heavy atom. The van der Waals surface area contributed by atoms with Gasteiger partial charge >= 0.3 is 0 Å². The van der Waals surface area contributed by atoms with E-state index in [1.54, 1.807) is 4.90 Å². The molecule has 0 saturated carbocycles. The molecular weight excluding hydrogens is 400 g/mol. The van der Waals surface area contributed by atoms with Crippen LogP contribution in [0.2, 0.25) is 0 Å². The first-order valence-electron chi connectivity index (χ1n) is 11.4. The van der Waals surface area contributed by atoms with Crippen molar-refractivity contribution in [1.82, 2.24) is 10.2 Å². The molecule has 0 aliphatic carbocycles. The van der Waals surface area contributed by atoms with Crippen molar-refractivity contribution in [3.05, 3.63) is 64.7 Å². The minimum atomic E-state index is -0.547. The number of rotatable bonds is 9. The van der Waals surface area contributed by atoms with Crippen LogP contribution in [0.15, 0.2) is 42.5 Å². The summed E-state index contributed by atoms with van der Waals surface area (Å²) in [6, 6.07) is 13.5. The zero-order chi connectivity index (χ0) is 23.9. The smallest absolute Gasteiger partial charge is 0.261 e. The molecule has 2 amide bonds. The molecule has 1 N–H and O–H groups in total. The average molecular weight is 439 g/mol. The van der Waals surface area contributed by atoms with Gasteiger partial charge in [-0.1, -0.05) is 43.3 Å². The lowest BCUT2D eigenvalue weighted by Gasteiger charge is -2.33. The summed E-state index contributed by atoms with van der Waals surface area (Å²) in [4.78, 5) is 28.0. The first kappa shape index (κ1) is 25.4. The van der Waals surface area contributed by atoms with E-state index in [0.717, 1.165) is 22.3 Å². The summed E-state index contributed by atoms with van der Waals surface area (Å²) in [6.07, 6.45) is 1.21. The Hall–Kier alpha value is -2.82. The van der Waals surface area contributed by atoms with Gasteiger partial charge in [0.2, 0.25) is 5.91 Å². The van der Waals surface area contributed by atoms with Crippen molar-refractivity contribution >= 4 is 11.8 Å². The van der Waals surface area contributed by atoms with E-state index in [2.05, 4.69) is 11.4 Å². The van der Waals surface area contributed by atoms with Crippen molar-refractivity contribution < 1.29 is 14.3 Å². The minimum absolute atomic E-state index is 0.0994. The fourth-order valence-corrected chi connectivity index (χ4v) is 3.72. The molecule has 0 fully saturated rings. The molecule has 0 heterocycles. The molecular formula is C27H38N2O3. The molecule has 5 nitrogen and oxygen atoms in total. The van der Waals surface area contributed by atoms with Crippen molar-refractivity contribution in [2.75, 3.05) is 13.2 Å². The molecule has 0 aromatic heterocycles. The maximum Gasteiger partial charge on any atom is 0.261 e. The topological polar surface area (TPSA) is 58.6 Å². The normalized spacial score (nSPS) is 12.2. The highest BCUT2D eigenvalue weighted by Crippen LogP contribution is 2.23. The number of carbonyl (C=O) groups excluding carboxylic acids is 2. The van der Waals surface area contributed by atoms with E-state index in [1.165, 1.54) is 0 Å². The first-order valence-corrected chi connectivity index (χ1v) is 11.4. The van der Waals surface area contributed by atoms with E-state index in [9.17, 15) is 9.59 Å². The fourth-order valence-electron chi connectivity index (χ4n) is 3.72. The molecule has 0 spiro atoms. The van der Waals surface area contributed by atoms with Gasteiger partial charge in [0.1, 0.15) is 11.8 Å². The Balaban J connectivity index is 2.21. The van der Waals surface area contributed by atoms with Gasteiger partial charge in [-0.25, -0.2) is 0 Å². The van der Waals surface area contributed by atoms with Crippen LogP contribution < -0.4 is 10.1 Å². The Labute approximate surface area is 193 Å². The molecule has 0 aliphatic heterocycles. The maximum atomic E-state index is 13.3. The lowest BCUT2D eigenvalue weighted by atomic mass is 10.1. The van der Waals surface area contributed by atoms with Gasteiger partial charge in [0.05, 0.1) is 0 Å². The average Bonchev–Trinajstić information content (AvgIpc) is 2.71. The van der Waals surface area contributed by atoms with Crippen molar-refractivity contribution in [2.24, 2.45) is 0 Å². The third-order valence-electron chi connectivity index (χ3n) is 5.48. The van der Waals surface area contributed by atoms with Gasteiger partial charge < -0.3 is 15.0 Å². The van der Waals surface area contributed by atoms with Crippen LogP contribution in [0.3, 0.4) is 0 Å². The van der Waals surface area contributed by atoms with Crippen LogP contribution >= 0.6 is 0 Å². The van der Waals surface area contributed by atoms with Crippen LogP contribution in [0, 0.1) is 20.8 Å². The van der Waals surface area contributed by atoms with Crippen molar-refractivity contribution in [3.63, 3.8) is 0 Å². The van der Waals surface area contributed by atoms with E-state index in [4.69, 9.17) is 4.74 Å². The SMILES string of the molecule is CCC(C(=O)NC(C)(C)C)N(CCc1ccccc1)C(=O)COc1cc(C)cc(C)c1C. The minimum Gasteiger partial charge on any atom is -0.483 e. The second kappa shape index (κ2) is 11.2. The van der Waals surface area contributed by atoms with Gasteiger partial charge in [-0.15, -0.1) is 0 Å². The number of nitrogens with zero attached hydrogens (tertiary/aromatic N) is 1. The largest absolute Gasteiger partial charge is 0.483 e.